The van der Waals surface area contributed by atoms with Gasteiger partial charge in [0.2, 0.25) is 0 Å². The van der Waals surface area contributed by atoms with Crippen LogP contribution in [0.1, 0.15) is 24.2 Å². The lowest BCUT2D eigenvalue weighted by Crippen LogP contribution is -2.01. The number of carbonyl (C=O) groups is 1. The van der Waals surface area contributed by atoms with E-state index in [1.807, 2.05) is 13.8 Å². The Labute approximate surface area is 92.5 Å². The molecule has 0 atom stereocenters. The molecule has 0 fully saturated rings. The van der Waals surface area contributed by atoms with Gasteiger partial charge in [0.1, 0.15) is 12.4 Å². The molecule has 0 aromatic heterocycles. The Bertz CT molecular complexity index is 421. The summed E-state index contributed by atoms with van der Waals surface area (Å²) in [6.45, 7) is 3.88. The largest absolute Gasteiger partial charge is 0.486 e. The lowest BCUT2D eigenvalue weighted by molar-refractivity contribution is 0.111. The Balaban J connectivity index is 2.94. The third-order valence-electron chi connectivity index (χ3n) is 1.88. The summed E-state index contributed by atoms with van der Waals surface area (Å²) in [6.07, 6.45) is 2.10. The van der Waals surface area contributed by atoms with Crippen molar-refractivity contribution in [3.8, 4) is 5.75 Å². The highest BCUT2D eigenvalue weighted by Gasteiger charge is 2.11. The van der Waals surface area contributed by atoms with E-state index in [4.69, 9.17) is 4.74 Å². The number of hydrogen-bond acceptors (Lipinski definition) is 2. The van der Waals surface area contributed by atoms with Crippen LogP contribution < -0.4 is 4.74 Å². The zero-order chi connectivity index (χ0) is 12.1. The minimum Gasteiger partial charge on any atom is -0.486 e. The van der Waals surface area contributed by atoms with Crippen LogP contribution in [0, 0.1) is 11.6 Å². The van der Waals surface area contributed by atoms with Crippen molar-refractivity contribution in [3.63, 3.8) is 0 Å². The Kier molecular flexibility index (Phi) is 4.17. The summed E-state index contributed by atoms with van der Waals surface area (Å²) in [6, 6.07) is 1.62. The number of rotatable bonds is 4. The molecule has 16 heavy (non-hydrogen) atoms. The van der Waals surface area contributed by atoms with Gasteiger partial charge in [0, 0.05) is 6.07 Å². The fourth-order valence-corrected chi connectivity index (χ4v) is 1.11. The number of allylic oxidation sites excluding steroid dienone is 1. The molecule has 1 aromatic rings. The number of halogens is 2. The van der Waals surface area contributed by atoms with E-state index in [0.29, 0.717) is 12.4 Å². The molecule has 2 nitrogen and oxygen atoms in total. The Morgan fingerprint density at radius 1 is 1.38 bits per heavy atom. The van der Waals surface area contributed by atoms with Crippen molar-refractivity contribution in [2.24, 2.45) is 0 Å². The maximum absolute atomic E-state index is 13.3. The zero-order valence-corrected chi connectivity index (χ0v) is 9.09. The molecule has 0 saturated heterocycles. The summed E-state index contributed by atoms with van der Waals surface area (Å²) < 4.78 is 31.1. The van der Waals surface area contributed by atoms with Crippen molar-refractivity contribution in [1.82, 2.24) is 0 Å². The highest BCUT2D eigenvalue weighted by Crippen LogP contribution is 2.22. The molecule has 1 aromatic carbocycles. The van der Waals surface area contributed by atoms with Gasteiger partial charge in [-0.05, 0) is 26.0 Å². The van der Waals surface area contributed by atoms with Crippen LogP contribution in [0.25, 0.3) is 0 Å². The number of aldehydes is 1. The lowest BCUT2D eigenvalue weighted by Gasteiger charge is -2.07. The van der Waals surface area contributed by atoms with E-state index in [-0.39, 0.29) is 17.9 Å². The molecule has 0 aliphatic carbocycles. The number of hydrogen-bond donors (Lipinski definition) is 0. The highest BCUT2D eigenvalue weighted by atomic mass is 19.1. The van der Waals surface area contributed by atoms with Crippen LogP contribution in [0.5, 0.6) is 5.75 Å². The standard InChI is InChI=1S/C12H12F2O2/c1-8(2)3-4-16-12-9(7-15)5-10(13)6-11(12)14/h3,5-7H,4H2,1-2H3. The molecule has 1 rings (SSSR count). The van der Waals surface area contributed by atoms with E-state index in [1.54, 1.807) is 6.08 Å². The topological polar surface area (TPSA) is 26.3 Å². The molecule has 4 heteroatoms. The maximum atomic E-state index is 13.3. The van der Waals surface area contributed by atoms with E-state index in [2.05, 4.69) is 0 Å². The second-order valence-corrected chi connectivity index (χ2v) is 3.52. The van der Waals surface area contributed by atoms with Crippen LogP contribution >= 0.6 is 0 Å². The summed E-state index contributed by atoms with van der Waals surface area (Å²) in [4.78, 5) is 10.6. The quantitative estimate of drug-likeness (QED) is 0.582. The highest BCUT2D eigenvalue weighted by molar-refractivity contribution is 5.79. The van der Waals surface area contributed by atoms with Gasteiger partial charge in [0.15, 0.2) is 17.9 Å². The molecular formula is C12H12F2O2. The fraction of sp³-hybridized carbons (Fsp3) is 0.250. The van der Waals surface area contributed by atoms with Crippen LogP contribution in [0.15, 0.2) is 23.8 Å². The van der Waals surface area contributed by atoms with E-state index in [0.717, 1.165) is 11.6 Å². The van der Waals surface area contributed by atoms with Crippen molar-refractivity contribution in [2.75, 3.05) is 6.61 Å². The Morgan fingerprint density at radius 3 is 2.62 bits per heavy atom. The predicted molar refractivity (Wildman–Crippen MR) is 56.7 cm³/mol. The number of carbonyl (C=O) groups excluding carboxylic acids is 1. The van der Waals surface area contributed by atoms with Gasteiger partial charge in [-0.15, -0.1) is 0 Å². The second kappa shape index (κ2) is 5.39. The Morgan fingerprint density at radius 2 is 2.06 bits per heavy atom. The normalized spacial score (nSPS) is 9.75. The monoisotopic (exact) mass is 226 g/mol. The van der Waals surface area contributed by atoms with E-state index >= 15 is 0 Å². The molecule has 0 aliphatic heterocycles. The summed E-state index contributed by atoms with van der Waals surface area (Å²) in [5.74, 6) is -1.88. The van der Waals surface area contributed by atoms with Crippen LogP contribution in [0.2, 0.25) is 0 Å². The minimum atomic E-state index is -0.871. The average Bonchev–Trinajstić information content (AvgIpc) is 2.20. The zero-order valence-electron chi connectivity index (χ0n) is 9.09. The SMILES string of the molecule is CC(C)=CCOc1c(F)cc(F)cc1C=O. The van der Waals surface area contributed by atoms with E-state index < -0.39 is 11.6 Å². The summed E-state index contributed by atoms with van der Waals surface area (Å²) >= 11 is 0. The molecule has 0 bridgehead atoms. The van der Waals surface area contributed by atoms with Gasteiger partial charge in [0.05, 0.1) is 5.56 Å². The molecular weight excluding hydrogens is 214 g/mol. The summed E-state index contributed by atoms with van der Waals surface area (Å²) in [5, 5.41) is 0. The first-order chi connectivity index (χ1) is 7.54. The van der Waals surface area contributed by atoms with Crippen LogP contribution in [-0.2, 0) is 0 Å². The van der Waals surface area contributed by atoms with Crippen molar-refractivity contribution >= 4 is 6.29 Å². The summed E-state index contributed by atoms with van der Waals surface area (Å²) in [5.41, 5.74) is 0.884. The smallest absolute Gasteiger partial charge is 0.168 e. The molecule has 0 saturated carbocycles. The number of ether oxygens (including phenoxy) is 1. The van der Waals surface area contributed by atoms with Gasteiger partial charge >= 0.3 is 0 Å². The van der Waals surface area contributed by atoms with Crippen molar-refractivity contribution < 1.29 is 18.3 Å². The molecule has 0 spiro atoms. The molecule has 0 amide bonds. The molecule has 0 radical (unpaired) electrons. The van der Waals surface area contributed by atoms with Crippen LogP contribution in [0.3, 0.4) is 0 Å². The van der Waals surface area contributed by atoms with Gasteiger partial charge in [-0.1, -0.05) is 5.57 Å². The maximum Gasteiger partial charge on any atom is 0.168 e. The first kappa shape index (κ1) is 12.4. The lowest BCUT2D eigenvalue weighted by atomic mass is 10.2. The van der Waals surface area contributed by atoms with E-state index in [9.17, 15) is 13.6 Å². The van der Waals surface area contributed by atoms with Gasteiger partial charge in [0.25, 0.3) is 0 Å². The van der Waals surface area contributed by atoms with Crippen molar-refractivity contribution in [2.45, 2.75) is 13.8 Å². The molecule has 0 heterocycles. The first-order valence-corrected chi connectivity index (χ1v) is 4.75. The Hall–Kier alpha value is -1.71. The summed E-state index contributed by atoms with van der Waals surface area (Å²) in [7, 11) is 0. The number of benzene rings is 1. The molecule has 86 valence electrons. The van der Waals surface area contributed by atoms with Crippen molar-refractivity contribution in [1.29, 1.82) is 0 Å². The van der Waals surface area contributed by atoms with Gasteiger partial charge in [-0.3, -0.25) is 4.79 Å². The molecule has 0 unspecified atom stereocenters. The fourth-order valence-electron chi connectivity index (χ4n) is 1.11. The second-order valence-electron chi connectivity index (χ2n) is 3.52. The third-order valence-corrected chi connectivity index (χ3v) is 1.88. The predicted octanol–water partition coefficient (Wildman–Crippen LogP) is 3.12. The molecule has 0 N–H and O–H groups in total. The average molecular weight is 226 g/mol. The van der Waals surface area contributed by atoms with Gasteiger partial charge in [-0.25, -0.2) is 8.78 Å². The molecule has 0 aliphatic rings. The van der Waals surface area contributed by atoms with Crippen LogP contribution in [0.4, 0.5) is 8.78 Å². The third kappa shape index (κ3) is 3.15. The van der Waals surface area contributed by atoms with E-state index in [1.165, 1.54) is 0 Å². The van der Waals surface area contributed by atoms with Crippen molar-refractivity contribution in [3.05, 3.63) is 41.0 Å². The minimum absolute atomic E-state index is 0.125. The van der Waals surface area contributed by atoms with Gasteiger partial charge < -0.3 is 4.74 Å². The first-order valence-electron chi connectivity index (χ1n) is 4.75. The van der Waals surface area contributed by atoms with Gasteiger partial charge in [-0.2, -0.15) is 0 Å². The van der Waals surface area contributed by atoms with Crippen LogP contribution in [-0.4, -0.2) is 12.9 Å².